The molecule has 0 radical (unpaired) electrons. The molecule has 104 valence electrons. The van der Waals surface area contributed by atoms with E-state index in [0.717, 1.165) is 11.0 Å². The van der Waals surface area contributed by atoms with Crippen LogP contribution in [0.15, 0.2) is 12.3 Å². The second-order valence-corrected chi connectivity index (χ2v) is 6.21. The fourth-order valence-electron chi connectivity index (χ4n) is 2.00. The molecule has 0 amide bonds. The van der Waals surface area contributed by atoms with Crippen LogP contribution in [0.5, 0.6) is 0 Å². The summed E-state index contributed by atoms with van der Waals surface area (Å²) in [6.45, 7) is 8.84. The summed E-state index contributed by atoms with van der Waals surface area (Å²) in [5.74, 6) is 0. The van der Waals surface area contributed by atoms with Gasteiger partial charge in [-0.25, -0.2) is 4.98 Å². The van der Waals surface area contributed by atoms with Gasteiger partial charge in [0.25, 0.3) is 0 Å². The summed E-state index contributed by atoms with van der Waals surface area (Å²) < 4.78 is 12.1. The highest BCUT2D eigenvalue weighted by Crippen LogP contribution is 2.36. The van der Waals surface area contributed by atoms with Gasteiger partial charge in [0.05, 0.1) is 11.2 Å². The molecule has 4 nitrogen and oxygen atoms in total. The van der Waals surface area contributed by atoms with Gasteiger partial charge >= 0.3 is 7.12 Å². The molecule has 0 atom stereocenters. The van der Waals surface area contributed by atoms with E-state index in [2.05, 4.69) is 10.3 Å². The predicted octanol–water partition coefficient (Wildman–Crippen LogP) is 1.75. The SMILES string of the molecule is CNCc1cnc(Cl)cc1B1OC(C)(C)C(C)(C)O1. The van der Waals surface area contributed by atoms with Crippen molar-refractivity contribution in [1.29, 1.82) is 0 Å². The molecule has 6 heteroatoms. The highest BCUT2D eigenvalue weighted by atomic mass is 35.5. The summed E-state index contributed by atoms with van der Waals surface area (Å²) in [5.41, 5.74) is 1.26. The first kappa shape index (κ1) is 14.8. The fraction of sp³-hybridized carbons (Fsp3) is 0.615. The fourth-order valence-corrected chi connectivity index (χ4v) is 2.17. The monoisotopic (exact) mass is 282 g/mol. The van der Waals surface area contributed by atoms with E-state index in [1.807, 2.05) is 40.8 Å². The molecule has 19 heavy (non-hydrogen) atoms. The zero-order chi connectivity index (χ0) is 14.3. The Morgan fingerprint density at radius 2 is 1.84 bits per heavy atom. The topological polar surface area (TPSA) is 43.4 Å². The van der Waals surface area contributed by atoms with Crippen LogP contribution in [0.25, 0.3) is 0 Å². The molecule has 1 saturated heterocycles. The largest absolute Gasteiger partial charge is 0.495 e. The van der Waals surface area contributed by atoms with Gasteiger partial charge in [-0.2, -0.15) is 0 Å². The Morgan fingerprint density at radius 3 is 2.37 bits per heavy atom. The standard InChI is InChI=1S/C13H20BClN2O2/c1-12(2)13(3,4)19-14(18-12)10-6-11(15)17-8-9(10)7-16-5/h6,8,16H,7H2,1-5H3. The summed E-state index contributed by atoms with van der Waals surface area (Å²) >= 11 is 5.99. The summed E-state index contributed by atoms with van der Waals surface area (Å²) in [4.78, 5) is 4.12. The molecule has 0 unspecified atom stereocenters. The molecule has 0 aromatic carbocycles. The van der Waals surface area contributed by atoms with E-state index >= 15 is 0 Å². The molecular weight excluding hydrogens is 262 g/mol. The Labute approximate surface area is 120 Å². The zero-order valence-corrected chi connectivity index (χ0v) is 12.8. The van der Waals surface area contributed by atoms with Crippen LogP contribution in [0.1, 0.15) is 33.3 Å². The van der Waals surface area contributed by atoms with Gasteiger partial charge in [0.15, 0.2) is 0 Å². The lowest BCUT2D eigenvalue weighted by Gasteiger charge is -2.32. The van der Waals surface area contributed by atoms with E-state index in [-0.39, 0.29) is 11.2 Å². The van der Waals surface area contributed by atoms with Crippen molar-refractivity contribution >= 4 is 24.2 Å². The van der Waals surface area contributed by atoms with Gasteiger partial charge in [0, 0.05) is 12.7 Å². The highest BCUT2D eigenvalue weighted by Gasteiger charge is 2.52. The van der Waals surface area contributed by atoms with Gasteiger partial charge in [0.1, 0.15) is 5.15 Å². The summed E-state index contributed by atoms with van der Waals surface area (Å²) in [5, 5.41) is 3.56. The molecule has 1 aromatic heterocycles. The third-order valence-corrected chi connectivity index (χ3v) is 4.07. The zero-order valence-electron chi connectivity index (χ0n) is 12.1. The average molecular weight is 283 g/mol. The number of nitrogens with zero attached hydrogens (tertiary/aromatic N) is 1. The summed E-state index contributed by atoms with van der Waals surface area (Å²) in [7, 11) is 1.48. The number of rotatable bonds is 3. The third kappa shape index (κ3) is 2.79. The number of nitrogens with one attached hydrogen (secondary N) is 1. The number of aromatic nitrogens is 1. The van der Waals surface area contributed by atoms with E-state index in [4.69, 9.17) is 20.9 Å². The Balaban J connectivity index is 2.35. The second-order valence-electron chi connectivity index (χ2n) is 5.82. The second kappa shape index (κ2) is 5.06. The van der Waals surface area contributed by atoms with E-state index in [9.17, 15) is 0 Å². The molecule has 0 saturated carbocycles. The smallest absolute Gasteiger partial charge is 0.399 e. The first-order valence-corrected chi connectivity index (χ1v) is 6.79. The minimum atomic E-state index is -0.408. The van der Waals surface area contributed by atoms with Gasteiger partial charge < -0.3 is 14.6 Å². The van der Waals surface area contributed by atoms with Crippen molar-refractivity contribution in [2.24, 2.45) is 0 Å². The average Bonchev–Trinajstić information content (AvgIpc) is 2.51. The van der Waals surface area contributed by atoms with Crippen molar-refractivity contribution in [1.82, 2.24) is 10.3 Å². The summed E-state index contributed by atoms with van der Waals surface area (Å²) in [6.07, 6.45) is 1.76. The Morgan fingerprint density at radius 1 is 1.26 bits per heavy atom. The van der Waals surface area contributed by atoms with Crippen LogP contribution >= 0.6 is 11.6 Å². The van der Waals surface area contributed by atoms with Crippen molar-refractivity contribution < 1.29 is 9.31 Å². The molecular formula is C13H20BClN2O2. The lowest BCUT2D eigenvalue weighted by atomic mass is 9.76. The molecule has 1 aliphatic heterocycles. The van der Waals surface area contributed by atoms with Gasteiger partial charge in [-0.05, 0) is 51.8 Å². The van der Waals surface area contributed by atoms with Crippen molar-refractivity contribution in [2.75, 3.05) is 7.05 Å². The number of hydrogen-bond acceptors (Lipinski definition) is 4. The Hall–Kier alpha value is -0.615. The van der Waals surface area contributed by atoms with Gasteiger partial charge in [0.2, 0.25) is 0 Å². The first-order chi connectivity index (χ1) is 8.77. The molecule has 2 heterocycles. The van der Waals surface area contributed by atoms with E-state index in [0.29, 0.717) is 11.7 Å². The van der Waals surface area contributed by atoms with Crippen LogP contribution in [-0.4, -0.2) is 30.4 Å². The highest BCUT2D eigenvalue weighted by molar-refractivity contribution is 6.63. The Kier molecular flexibility index (Phi) is 3.93. The van der Waals surface area contributed by atoms with Crippen molar-refractivity contribution in [2.45, 2.75) is 45.4 Å². The quantitative estimate of drug-likeness (QED) is 0.678. The number of halogens is 1. The van der Waals surface area contributed by atoms with E-state index in [1.165, 1.54) is 0 Å². The van der Waals surface area contributed by atoms with E-state index < -0.39 is 7.12 Å². The molecule has 1 aromatic rings. The normalized spacial score (nSPS) is 20.8. The van der Waals surface area contributed by atoms with Gasteiger partial charge in [-0.15, -0.1) is 0 Å². The van der Waals surface area contributed by atoms with Crippen molar-refractivity contribution in [3.8, 4) is 0 Å². The van der Waals surface area contributed by atoms with E-state index in [1.54, 1.807) is 6.20 Å². The first-order valence-electron chi connectivity index (χ1n) is 6.41. The minimum Gasteiger partial charge on any atom is -0.399 e. The van der Waals surface area contributed by atoms with Crippen LogP contribution in [0.4, 0.5) is 0 Å². The lowest BCUT2D eigenvalue weighted by molar-refractivity contribution is 0.00578. The molecule has 2 rings (SSSR count). The van der Waals surface area contributed by atoms with Gasteiger partial charge in [-0.1, -0.05) is 11.6 Å². The van der Waals surface area contributed by atoms with Crippen LogP contribution in [0.2, 0.25) is 5.15 Å². The van der Waals surface area contributed by atoms with Crippen molar-refractivity contribution in [3.05, 3.63) is 23.0 Å². The lowest BCUT2D eigenvalue weighted by Crippen LogP contribution is -2.41. The molecule has 0 spiro atoms. The predicted molar refractivity (Wildman–Crippen MR) is 77.7 cm³/mol. The third-order valence-electron chi connectivity index (χ3n) is 3.86. The van der Waals surface area contributed by atoms with Gasteiger partial charge in [-0.3, -0.25) is 0 Å². The molecule has 1 fully saturated rings. The number of pyridine rings is 1. The number of hydrogen-bond donors (Lipinski definition) is 1. The molecule has 1 N–H and O–H groups in total. The van der Waals surface area contributed by atoms with Crippen LogP contribution in [-0.2, 0) is 15.9 Å². The summed E-state index contributed by atoms with van der Waals surface area (Å²) in [6, 6.07) is 1.82. The maximum absolute atomic E-state index is 6.06. The molecule has 1 aliphatic rings. The van der Waals surface area contributed by atoms with Crippen molar-refractivity contribution in [3.63, 3.8) is 0 Å². The maximum Gasteiger partial charge on any atom is 0.495 e. The molecule has 0 aliphatic carbocycles. The van der Waals surface area contributed by atoms with Crippen LogP contribution < -0.4 is 10.8 Å². The van der Waals surface area contributed by atoms with Crippen LogP contribution in [0.3, 0.4) is 0 Å². The Bertz CT molecular complexity index is 464. The van der Waals surface area contributed by atoms with Crippen LogP contribution in [0, 0.1) is 0 Å². The maximum atomic E-state index is 6.06. The molecule has 0 bridgehead atoms. The minimum absolute atomic E-state index is 0.357.